The van der Waals surface area contributed by atoms with E-state index >= 15 is 0 Å². The van der Waals surface area contributed by atoms with Gasteiger partial charge in [0.2, 0.25) is 5.91 Å². The minimum atomic E-state index is -0.790. The number of hydrogen-bond acceptors (Lipinski definition) is 2. The molecule has 3 saturated carbocycles. The van der Waals surface area contributed by atoms with Gasteiger partial charge in [0.05, 0.1) is 11.8 Å². The molecule has 1 N–H and O–H groups in total. The summed E-state index contributed by atoms with van der Waals surface area (Å²) in [4.78, 5) is 25.9. The molecule has 0 aromatic carbocycles. The van der Waals surface area contributed by atoms with E-state index in [1.54, 1.807) is 0 Å². The lowest BCUT2D eigenvalue weighted by atomic mass is 9.78. The molecule has 3 aliphatic carbocycles. The highest BCUT2D eigenvalue weighted by Crippen LogP contribution is 2.48. The molecule has 3 unspecified atom stereocenters. The maximum Gasteiger partial charge on any atom is 0.307 e. The standard InChI is InChI=1S/C17H27NO3/c1-18(10-13-9-11-6-7-12(13)8-11)16(19)14-4-2-3-5-15(14)17(20)21/h11-15H,2-10H2,1H3,(H,20,21)/t11?,12?,13?,14-,15+/m1/s1. The van der Waals surface area contributed by atoms with E-state index in [0.29, 0.717) is 12.3 Å². The predicted octanol–water partition coefficient (Wildman–Crippen LogP) is 2.77. The van der Waals surface area contributed by atoms with Crippen molar-refractivity contribution < 1.29 is 14.7 Å². The molecule has 3 aliphatic rings. The number of hydrogen-bond donors (Lipinski definition) is 1. The number of rotatable bonds is 4. The monoisotopic (exact) mass is 293 g/mol. The van der Waals surface area contributed by atoms with E-state index in [0.717, 1.165) is 37.6 Å². The van der Waals surface area contributed by atoms with E-state index in [1.807, 2.05) is 11.9 Å². The zero-order chi connectivity index (χ0) is 15.0. The van der Waals surface area contributed by atoms with E-state index in [-0.39, 0.29) is 11.8 Å². The minimum absolute atomic E-state index is 0.0740. The second-order valence-corrected chi connectivity index (χ2v) is 7.49. The quantitative estimate of drug-likeness (QED) is 0.867. The van der Waals surface area contributed by atoms with Gasteiger partial charge in [-0.2, -0.15) is 0 Å². The molecule has 4 nitrogen and oxygen atoms in total. The van der Waals surface area contributed by atoms with Crippen LogP contribution < -0.4 is 0 Å². The van der Waals surface area contributed by atoms with Crippen molar-refractivity contribution in [3.05, 3.63) is 0 Å². The molecule has 3 fully saturated rings. The fourth-order valence-electron chi connectivity index (χ4n) is 5.05. The third-order valence-electron chi connectivity index (χ3n) is 6.17. The first-order valence-corrected chi connectivity index (χ1v) is 8.54. The smallest absolute Gasteiger partial charge is 0.307 e. The van der Waals surface area contributed by atoms with Gasteiger partial charge in [-0.25, -0.2) is 0 Å². The van der Waals surface area contributed by atoms with Gasteiger partial charge in [0.25, 0.3) is 0 Å². The lowest BCUT2D eigenvalue weighted by Crippen LogP contribution is -2.43. The second kappa shape index (κ2) is 5.98. The van der Waals surface area contributed by atoms with Gasteiger partial charge in [-0.15, -0.1) is 0 Å². The average Bonchev–Trinajstić information content (AvgIpc) is 3.09. The number of fused-ring (bicyclic) bond motifs is 2. The third-order valence-corrected chi connectivity index (χ3v) is 6.17. The Balaban J connectivity index is 1.59. The van der Waals surface area contributed by atoms with Crippen LogP contribution in [0.4, 0.5) is 0 Å². The number of carbonyl (C=O) groups excluding carboxylic acids is 1. The van der Waals surface area contributed by atoms with Gasteiger partial charge in [0.1, 0.15) is 0 Å². The van der Waals surface area contributed by atoms with Crippen LogP contribution in [0.25, 0.3) is 0 Å². The molecular weight excluding hydrogens is 266 g/mol. The molecule has 0 radical (unpaired) electrons. The number of carboxylic acids is 1. The lowest BCUT2D eigenvalue weighted by molar-refractivity contribution is -0.152. The van der Waals surface area contributed by atoms with Gasteiger partial charge in [0.15, 0.2) is 0 Å². The van der Waals surface area contributed by atoms with Crippen LogP contribution in [0.15, 0.2) is 0 Å². The van der Waals surface area contributed by atoms with Crippen LogP contribution in [0.5, 0.6) is 0 Å². The first kappa shape index (κ1) is 14.9. The maximum absolute atomic E-state index is 12.7. The number of aliphatic carboxylic acids is 1. The topological polar surface area (TPSA) is 57.6 Å². The summed E-state index contributed by atoms with van der Waals surface area (Å²) in [5.74, 6) is 0.890. The average molecular weight is 293 g/mol. The van der Waals surface area contributed by atoms with Crippen molar-refractivity contribution in [1.29, 1.82) is 0 Å². The Morgan fingerprint density at radius 2 is 1.76 bits per heavy atom. The van der Waals surface area contributed by atoms with E-state index in [1.165, 1.54) is 25.7 Å². The Morgan fingerprint density at radius 3 is 2.33 bits per heavy atom. The molecule has 4 heteroatoms. The summed E-state index contributed by atoms with van der Waals surface area (Å²) in [7, 11) is 1.88. The highest BCUT2D eigenvalue weighted by Gasteiger charge is 2.42. The second-order valence-electron chi connectivity index (χ2n) is 7.49. The fraction of sp³-hybridized carbons (Fsp3) is 0.882. The predicted molar refractivity (Wildman–Crippen MR) is 79.7 cm³/mol. The third kappa shape index (κ3) is 2.95. The first-order valence-electron chi connectivity index (χ1n) is 8.54. The summed E-state index contributed by atoms with van der Waals surface area (Å²) in [5.41, 5.74) is 0. The Labute approximate surface area is 126 Å². The molecular formula is C17H27NO3. The van der Waals surface area contributed by atoms with Crippen molar-refractivity contribution in [3.63, 3.8) is 0 Å². The van der Waals surface area contributed by atoms with Crippen molar-refractivity contribution >= 4 is 11.9 Å². The van der Waals surface area contributed by atoms with E-state index in [4.69, 9.17) is 0 Å². The summed E-state index contributed by atoms with van der Waals surface area (Å²) in [6.07, 6.45) is 8.67. The van der Waals surface area contributed by atoms with Crippen LogP contribution in [0.2, 0.25) is 0 Å². The molecule has 0 aliphatic heterocycles. The first-order chi connectivity index (χ1) is 10.1. The Morgan fingerprint density at radius 1 is 1.05 bits per heavy atom. The zero-order valence-corrected chi connectivity index (χ0v) is 13.0. The van der Waals surface area contributed by atoms with Gasteiger partial charge in [-0.1, -0.05) is 19.3 Å². The van der Waals surface area contributed by atoms with Crippen molar-refractivity contribution in [1.82, 2.24) is 4.90 Å². The molecule has 0 heterocycles. The van der Waals surface area contributed by atoms with Crippen molar-refractivity contribution in [2.45, 2.75) is 51.4 Å². The molecule has 5 atom stereocenters. The molecule has 0 spiro atoms. The molecule has 2 bridgehead atoms. The largest absolute Gasteiger partial charge is 0.481 e. The van der Waals surface area contributed by atoms with Crippen LogP contribution in [0.3, 0.4) is 0 Å². The van der Waals surface area contributed by atoms with E-state index < -0.39 is 11.9 Å². The molecule has 3 rings (SSSR count). The highest BCUT2D eigenvalue weighted by molar-refractivity contribution is 5.84. The van der Waals surface area contributed by atoms with Crippen LogP contribution in [-0.4, -0.2) is 35.5 Å². The number of nitrogens with zero attached hydrogens (tertiary/aromatic N) is 1. The number of carboxylic acid groups (broad SMARTS) is 1. The molecule has 1 amide bonds. The normalized spacial score (nSPS) is 38.4. The number of amides is 1. The molecule has 0 aromatic heterocycles. The molecule has 118 valence electrons. The van der Waals surface area contributed by atoms with Crippen molar-refractivity contribution in [2.24, 2.45) is 29.6 Å². The van der Waals surface area contributed by atoms with Crippen molar-refractivity contribution in [3.8, 4) is 0 Å². The van der Waals surface area contributed by atoms with Gasteiger partial charge < -0.3 is 10.0 Å². The SMILES string of the molecule is CN(CC1CC2CCC1C2)C(=O)[C@@H]1CCCC[C@@H]1C(=O)O. The summed E-state index contributed by atoms with van der Waals surface area (Å²) in [5, 5.41) is 9.34. The minimum Gasteiger partial charge on any atom is -0.481 e. The van der Waals surface area contributed by atoms with Gasteiger partial charge in [-0.05, 0) is 49.9 Å². The van der Waals surface area contributed by atoms with E-state index in [9.17, 15) is 14.7 Å². The lowest BCUT2D eigenvalue weighted by Gasteiger charge is -2.33. The summed E-state index contributed by atoms with van der Waals surface area (Å²) in [6, 6.07) is 0. The molecule has 0 aromatic rings. The zero-order valence-electron chi connectivity index (χ0n) is 13.0. The Hall–Kier alpha value is -1.06. The van der Waals surface area contributed by atoms with Crippen molar-refractivity contribution in [2.75, 3.05) is 13.6 Å². The van der Waals surface area contributed by atoms with Crippen LogP contribution in [0, 0.1) is 29.6 Å². The van der Waals surface area contributed by atoms with Gasteiger partial charge >= 0.3 is 5.97 Å². The highest BCUT2D eigenvalue weighted by atomic mass is 16.4. The Kier molecular flexibility index (Phi) is 4.23. The summed E-state index contributed by atoms with van der Waals surface area (Å²) < 4.78 is 0. The van der Waals surface area contributed by atoms with Crippen LogP contribution >= 0.6 is 0 Å². The molecule has 0 saturated heterocycles. The molecule has 21 heavy (non-hydrogen) atoms. The fourth-order valence-corrected chi connectivity index (χ4v) is 5.05. The maximum atomic E-state index is 12.7. The van der Waals surface area contributed by atoms with Crippen LogP contribution in [-0.2, 0) is 9.59 Å². The van der Waals surface area contributed by atoms with Gasteiger partial charge in [-0.3, -0.25) is 9.59 Å². The summed E-state index contributed by atoms with van der Waals surface area (Å²) >= 11 is 0. The van der Waals surface area contributed by atoms with Gasteiger partial charge in [0, 0.05) is 13.6 Å². The van der Waals surface area contributed by atoms with Crippen LogP contribution in [0.1, 0.15) is 51.4 Å². The number of carbonyl (C=O) groups is 2. The summed E-state index contributed by atoms with van der Waals surface area (Å²) in [6.45, 7) is 0.836. The Bertz CT molecular complexity index is 422. The van der Waals surface area contributed by atoms with E-state index in [2.05, 4.69) is 0 Å².